The molecular formula is C15H21N5O2. The maximum absolute atomic E-state index is 12.2. The van der Waals surface area contributed by atoms with Gasteiger partial charge in [0.15, 0.2) is 0 Å². The molecule has 118 valence electrons. The maximum Gasteiger partial charge on any atom is 0.248 e. The first kappa shape index (κ1) is 14.8. The highest BCUT2D eigenvalue weighted by molar-refractivity contribution is 5.77. The number of aromatic nitrogens is 4. The summed E-state index contributed by atoms with van der Waals surface area (Å²) in [5.41, 5.74) is 1.95. The van der Waals surface area contributed by atoms with Gasteiger partial charge in [0.05, 0.1) is 18.8 Å². The van der Waals surface area contributed by atoms with Crippen LogP contribution in [0.1, 0.15) is 24.7 Å². The summed E-state index contributed by atoms with van der Waals surface area (Å²) in [6.45, 7) is 5.35. The van der Waals surface area contributed by atoms with Gasteiger partial charge in [-0.1, -0.05) is 5.21 Å². The Kier molecular flexibility index (Phi) is 4.53. The summed E-state index contributed by atoms with van der Waals surface area (Å²) in [5.74, 6) is 0.0309. The molecule has 0 radical (unpaired) electrons. The van der Waals surface area contributed by atoms with E-state index in [1.165, 1.54) is 0 Å². The van der Waals surface area contributed by atoms with Crippen molar-refractivity contribution in [1.29, 1.82) is 0 Å². The third-order valence-corrected chi connectivity index (χ3v) is 3.84. The number of hydrogen-bond donors (Lipinski definition) is 0. The number of ether oxygens (including phenoxy) is 1. The number of carbonyl (C=O) groups is 1. The monoisotopic (exact) mass is 303 g/mol. The minimum atomic E-state index is 0.0309. The van der Waals surface area contributed by atoms with Gasteiger partial charge in [-0.25, -0.2) is 4.68 Å². The molecule has 0 atom stereocenters. The van der Waals surface area contributed by atoms with Crippen molar-refractivity contribution in [3.8, 4) is 0 Å². The van der Waals surface area contributed by atoms with Crippen LogP contribution >= 0.6 is 0 Å². The Morgan fingerprint density at radius 3 is 2.91 bits per heavy atom. The van der Waals surface area contributed by atoms with Crippen molar-refractivity contribution >= 4 is 5.91 Å². The van der Waals surface area contributed by atoms with Gasteiger partial charge in [0.25, 0.3) is 0 Å². The summed E-state index contributed by atoms with van der Waals surface area (Å²) in [6, 6.07) is 3.97. The summed E-state index contributed by atoms with van der Waals surface area (Å²) < 4.78 is 9.22. The third-order valence-electron chi connectivity index (χ3n) is 3.84. The molecule has 3 heterocycles. The summed E-state index contributed by atoms with van der Waals surface area (Å²) in [4.78, 5) is 14.1. The van der Waals surface area contributed by atoms with E-state index in [0.29, 0.717) is 19.7 Å². The largest absolute Gasteiger partial charge is 0.372 e. The standard InChI is InChI=1S/C15H21N5O2/c1-2-22-12-15(21)19-8-5-9-20-14(11-19)13(16-17-20)10-18-6-3-4-7-18/h3-4,6-7H,2,5,8-12H2,1H3. The number of aryl methyl sites for hydroxylation is 1. The van der Waals surface area contributed by atoms with Crippen LogP contribution in [0.5, 0.6) is 0 Å². The lowest BCUT2D eigenvalue weighted by atomic mass is 10.3. The molecule has 0 N–H and O–H groups in total. The molecule has 7 nitrogen and oxygen atoms in total. The van der Waals surface area contributed by atoms with Crippen LogP contribution < -0.4 is 0 Å². The van der Waals surface area contributed by atoms with Gasteiger partial charge in [0.1, 0.15) is 12.3 Å². The normalized spacial score (nSPS) is 14.7. The topological polar surface area (TPSA) is 65.2 Å². The van der Waals surface area contributed by atoms with Crippen LogP contribution in [0.25, 0.3) is 0 Å². The van der Waals surface area contributed by atoms with Gasteiger partial charge in [-0.05, 0) is 25.5 Å². The Morgan fingerprint density at radius 2 is 2.14 bits per heavy atom. The first-order valence-corrected chi connectivity index (χ1v) is 7.65. The molecule has 1 amide bonds. The van der Waals surface area contributed by atoms with Crippen molar-refractivity contribution in [1.82, 2.24) is 24.5 Å². The number of hydrogen-bond acceptors (Lipinski definition) is 4. The van der Waals surface area contributed by atoms with Crippen LogP contribution in [-0.2, 0) is 29.2 Å². The van der Waals surface area contributed by atoms with Crippen molar-refractivity contribution in [3.63, 3.8) is 0 Å². The second-order valence-electron chi connectivity index (χ2n) is 5.37. The van der Waals surface area contributed by atoms with Crippen molar-refractivity contribution in [3.05, 3.63) is 35.9 Å². The molecule has 2 aromatic rings. The Bertz CT molecular complexity index is 620. The second-order valence-corrected chi connectivity index (χ2v) is 5.37. The van der Waals surface area contributed by atoms with Gasteiger partial charge in [0.2, 0.25) is 5.91 Å². The van der Waals surface area contributed by atoms with Gasteiger partial charge in [0, 0.05) is 32.1 Å². The van der Waals surface area contributed by atoms with Crippen molar-refractivity contribution in [2.45, 2.75) is 33.0 Å². The minimum absolute atomic E-state index is 0.0309. The lowest BCUT2D eigenvalue weighted by molar-refractivity contribution is -0.136. The predicted molar refractivity (Wildman–Crippen MR) is 80.1 cm³/mol. The highest BCUT2D eigenvalue weighted by Gasteiger charge is 2.23. The molecule has 0 saturated heterocycles. The minimum Gasteiger partial charge on any atom is -0.372 e. The van der Waals surface area contributed by atoms with E-state index in [-0.39, 0.29) is 12.5 Å². The van der Waals surface area contributed by atoms with Crippen LogP contribution in [0.15, 0.2) is 24.5 Å². The molecule has 1 aliphatic heterocycles. The Labute approximate surface area is 129 Å². The van der Waals surface area contributed by atoms with Crippen LogP contribution in [0.2, 0.25) is 0 Å². The predicted octanol–water partition coefficient (Wildman–Crippen LogP) is 0.897. The Morgan fingerprint density at radius 1 is 1.32 bits per heavy atom. The number of rotatable bonds is 5. The zero-order chi connectivity index (χ0) is 15.4. The molecule has 0 bridgehead atoms. The Hall–Kier alpha value is -2.15. The smallest absolute Gasteiger partial charge is 0.248 e. The molecule has 22 heavy (non-hydrogen) atoms. The van der Waals surface area contributed by atoms with E-state index in [9.17, 15) is 4.79 Å². The summed E-state index contributed by atoms with van der Waals surface area (Å²) in [6.07, 6.45) is 4.89. The number of fused-ring (bicyclic) bond motifs is 1. The fourth-order valence-electron chi connectivity index (χ4n) is 2.66. The van der Waals surface area contributed by atoms with Crippen LogP contribution in [0.4, 0.5) is 0 Å². The van der Waals surface area contributed by atoms with Gasteiger partial charge >= 0.3 is 0 Å². The van der Waals surface area contributed by atoms with Crippen LogP contribution in [0.3, 0.4) is 0 Å². The first-order chi connectivity index (χ1) is 10.8. The first-order valence-electron chi connectivity index (χ1n) is 7.65. The maximum atomic E-state index is 12.2. The van der Waals surface area contributed by atoms with Gasteiger partial charge in [-0.15, -0.1) is 5.10 Å². The van der Waals surface area contributed by atoms with E-state index in [1.54, 1.807) is 0 Å². The van der Waals surface area contributed by atoms with E-state index in [1.807, 2.05) is 41.0 Å². The van der Waals surface area contributed by atoms with Crippen molar-refractivity contribution in [2.24, 2.45) is 0 Å². The van der Waals surface area contributed by atoms with Crippen LogP contribution in [0, 0.1) is 0 Å². The number of amides is 1. The number of nitrogens with zero attached hydrogens (tertiary/aromatic N) is 5. The van der Waals surface area contributed by atoms with Gasteiger partial charge < -0.3 is 14.2 Å². The van der Waals surface area contributed by atoms with E-state index >= 15 is 0 Å². The third kappa shape index (κ3) is 3.19. The molecule has 0 aromatic carbocycles. The average Bonchev–Trinajstić information content (AvgIpc) is 3.11. The SMILES string of the molecule is CCOCC(=O)N1CCCn2nnc(Cn3cccc3)c2C1. The molecule has 0 fully saturated rings. The van der Waals surface area contributed by atoms with Crippen LogP contribution in [-0.4, -0.2) is 50.1 Å². The quantitative estimate of drug-likeness (QED) is 0.823. The van der Waals surface area contributed by atoms with E-state index < -0.39 is 0 Å². The average molecular weight is 303 g/mol. The molecule has 7 heteroatoms. The number of carbonyl (C=O) groups excluding carboxylic acids is 1. The molecule has 0 saturated carbocycles. The molecule has 3 rings (SSSR count). The molecule has 0 spiro atoms. The highest BCUT2D eigenvalue weighted by atomic mass is 16.5. The molecule has 2 aromatic heterocycles. The lowest BCUT2D eigenvalue weighted by Crippen LogP contribution is -2.34. The molecular weight excluding hydrogens is 282 g/mol. The molecule has 0 aliphatic carbocycles. The molecule has 1 aliphatic rings. The van der Waals surface area contributed by atoms with E-state index in [0.717, 1.165) is 30.9 Å². The second kappa shape index (κ2) is 6.74. The lowest BCUT2D eigenvalue weighted by Gasteiger charge is -2.20. The summed E-state index contributed by atoms with van der Waals surface area (Å²) in [7, 11) is 0. The van der Waals surface area contributed by atoms with Crippen molar-refractivity contribution < 1.29 is 9.53 Å². The van der Waals surface area contributed by atoms with Gasteiger partial charge in [-0.3, -0.25) is 4.79 Å². The summed E-state index contributed by atoms with van der Waals surface area (Å²) in [5, 5.41) is 8.53. The molecule has 0 unspecified atom stereocenters. The zero-order valence-corrected chi connectivity index (χ0v) is 12.8. The highest BCUT2D eigenvalue weighted by Crippen LogP contribution is 2.16. The fraction of sp³-hybridized carbons (Fsp3) is 0.533. The fourth-order valence-corrected chi connectivity index (χ4v) is 2.66. The zero-order valence-electron chi connectivity index (χ0n) is 12.8. The Balaban J connectivity index is 1.76. The van der Waals surface area contributed by atoms with Gasteiger partial charge in [-0.2, -0.15) is 0 Å². The van der Waals surface area contributed by atoms with E-state index in [4.69, 9.17) is 4.74 Å². The summed E-state index contributed by atoms with van der Waals surface area (Å²) >= 11 is 0. The van der Waals surface area contributed by atoms with E-state index in [2.05, 4.69) is 14.9 Å². The van der Waals surface area contributed by atoms with Crippen molar-refractivity contribution in [2.75, 3.05) is 19.8 Å².